The highest BCUT2D eigenvalue weighted by Crippen LogP contribution is 2.14. The quantitative estimate of drug-likeness (QED) is 0.661. The maximum Gasteiger partial charge on any atom is 0.130 e. The van der Waals surface area contributed by atoms with Crippen molar-refractivity contribution in [2.24, 2.45) is 0 Å². The van der Waals surface area contributed by atoms with E-state index in [1.165, 1.54) is 11.1 Å². The largest absolute Gasteiger partial charge is 0.370 e. The SMILES string of the molecule is CSc1cc(NCCc2ccccc2C)ncn1. The van der Waals surface area contributed by atoms with Gasteiger partial charge in [0.15, 0.2) is 0 Å². The Kier molecular flexibility index (Phi) is 4.59. The second-order valence-corrected chi connectivity index (χ2v) is 4.88. The summed E-state index contributed by atoms with van der Waals surface area (Å²) in [7, 11) is 0. The molecule has 1 N–H and O–H groups in total. The van der Waals surface area contributed by atoms with Crippen LogP contribution in [0.5, 0.6) is 0 Å². The number of hydrogen-bond donors (Lipinski definition) is 1. The number of benzene rings is 1. The highest BCUT2D eigenvalue weighted by atomic mass is 32.2. The van der Waals surface area contributed by atoms with Gasteiger partial charge in [-0.25, -0.2) is 9.97 Å². The Hall–Kier alpha value is -1.55. The third-order valence-corrected chi connectivity index (χ3v) is 3.45. The molecule has 0 saturated heterocycles. The standard InChI is InChI=1S/C14H17N3S/c1-11-5-3-4-6-12(11)7-8-15-13-9-14(18-2)17-10-16-13/h3-6,9-10H,7-8H2,1-2H3,(H,15,16,17). The molecule has 0 bridgehead atoms. The van der Waals surface area contributed by atoms with E-state index in [0.717, 1.165) is 23.8 Å². The van der Waals surface area contributed by atoms with Crippen molar-refractivity contribution >= 4 is 17.6 Å². The van der Waals surface area contributed by atoms with Crippen LogP contribution in [0, 0.1) is 6.92 Å². The summed E-state index contributed by atoms with van der Waals surface area (Å²) in [5.41, 5.74) is 2.72. The number of thioether (sulfide) groups is 1. The van der Waals surface area contributed by atoms with Gasteiger partial charge in [-0.05, 0) is 30.7 Å². The molecule has 0 atom stereocenters. The van der Waals surface area contributed by atoms with E-state index in [-0.39, 0.29) is 0 Å². The molecular weight excluding hydrogens is 242 g/mol. The zero-order chi connectivity index (χ0) is 12.8. The molecule has 0 radical (unpaired) electrons. The summed E-state index contributed by atoms with van der Waals surface area (Å²) in [6.45, 7) is 3.03. The lowest BCUT2D eigenvalue weighted by Crippen LogP contribution is -2.07. The molecule has 0 unspecified atom stereocenters. The topological polar surface area (TPSA) is 37.8 Å². The predicted molar refractivity (Wildman–Crippen MR) is 77.2 cm³/mol. The molecule has 0 spiro atoms. The minimum atomic E-state index is 0.885. The van der Waals surface area contributed by atoms with E-state index < -0.39 is 0 Å². The van der Waals surface area contributed by atoms with Crippen molar-refractivity contribution in [2.75, 3.05) is 18.1 Å². The maximum atomic E-state index is 4.21. The van der Waals surface area contributed by atoms with Crippen molar-refractivity contribution in [1.29, 1.82) is 0 Å². The van der Waals surface area contributed by atoms with Crippen molar-refractivity contribution < 1.29 is 0 Å². The summed E-state index contributed by atoms with van der Waals surface area (Å²) in [5.74, 6) is 0.892. The first-order chi connectivity index (χ1) is 8.79. The molecule has 2 aromatic rings. The Balaban J connectivity index is 1.90. The summed E-state index contributed by atoms with van der Waals surface area (Å²) < 4.78 is 0. The number of rotatable bonds is 5. The minimum absolute atomic E-state index is 0.885. The van der Waals surface area contributed by atoms with Crippen LogP contribution in [0.2, 0.25) is 0 Å². The predicted octanol–water partition coefficient (Wildman–Crippen LogP) is 3.16. The molecule has 1 aromatic heterocycles. The van der Waals surface area contributed by atoms with E-state index in [4.69, 9.17) is 0 Å². The number of aromatic nitrogens is 2. The molecule has 0 aliphatic heterocycles. The Morgan fingerprint density at radius 1 is 1.22 bits per heavy atom. The molecule has 18 heavy (non-hydrogen) atoms. The smallest absolute Gasteiger partial charge is 0.130 e. The Bertz CT molecular complexity index is 514. The molecule has 94 valence electrons. The second-order valence-electron chi connectivity index (χ2n) is 4.05. The molecule has 0 amide bonds. The first-order valence-corrected chi connectivity index (χ1v) is 7.16. The molecule has 2 rings (SSSR count). The zero-order valence-electron chi connectivity index (χ0n) is 10.7. The van der Waals surface area contributed by atoms with Gasteiger partial charge in [-0.15, -0.1) is 11.8 Å². The summed E-state index contributed by atoms with van der Waals surface area (Å²) in [6.07, 6.45) is 4.62. The Morgan fingerprint density at radius 2 is 2.06 bits per heavy atom. The van der Waals surface area contributed by atoms with Gasteiger partial charge in [-0.1, -0.05) is 24.3 Å². The fraction of sp³-hybridized carbons (Fsp3) is 0.286. The van der Waals surface area contributed by atoms with E-state index >= 15 is 0 Å². The minimum Gasteiger partial charge on any atom is -0.370 e. The first kappa shape index (κ1) is 12.9. The van der Waals surface area contributed by atoms with Gasteiger partial charge in [-0.2, -0.15) is 0 Å². The van der Waals surface area contributed by atoms with E-state index in [1.54, 1.807) is 18.1 Å². The van der Waals surface area contributed by atoms with Gasteiger partial charge in [0.1, 0.15) is 17.2 Å². The van der Waals surface area contributed by atoms with Crippen LogP contribution >= 0.6 is 11.8 Å². The third-order valence-electron chi connectivity index (χ3n) is 2.81. The van der Waals surface area contributed by atoms with Crippen LogP contribution in [-0.4, -0.2) is 22.8 Å². The van der Waals surface area contributed by atoms with E-state index in [2.05, 4.69) is 46.5 Å². The van der Waals surface area contributed by atoms with Crippen LogP contribution in [0.25, 0.3) is 0 Å². The molecule has 0 saturated carbocycles. The molecule has 0 aliphatic carbocycles. The van der Waals surface area contributed by atoms with Gasteiger partial charge in [-0.3, -0.25) is 0 Å². The molecule has 3 nitrogen and oxygen atoms in total. The lowest BCUT2D eigenvalue weighted by Gasteiger charge is -2.08. The number of nitrogens with zero attached hydrogens (tertiary/aromatic N) is 2. The van der Waals surface area contributed by atoms with Crippen molar-refractivity contribution in [2.45, 2.75) is 18.4 Å². The average molecular weight is 259 g/mol. The summed E-state index contributed by atoms with van der Waals surface area (Å²) in [5, 5.41) is 4.32. The van der Waals surface area contributed by atoms with Crippen LogP contribution in [0.4, 0.5) is 5.82 Å². The lowest BCUT2D eigenvalue weighted by atomic mass is 10.1. The van der Waals surface area contributed by atoms with E-state index in [9.17, 15) is 0 Å². The van der Waals surface area contributed by atoms with Crippen LogP contribution in [0.3, 0.4) is 0 Å². The summed E-state index contributed by atoms with van der Waals surface area (Å²) >= 11 is 1.62. The van der Waals surface area contributed by atoms with Crippen molar-refractivity contribution in [3.8, 4) is 0 Å². The normalized spacial score (nSPS) is 10.3. The number of nitrogens with one attached hydrogen (secondary N) is 1. The van der Waals surface area contributed by atoms with Gasteiger partial charge in [0.25, 0.3) is 0 Å². The monoisotopic (exact) mass is 259 g/mol. The van der Waals surface area contributed by atoms with Gasteiger partial charge >= 0.3 is 0 Å². The molecule has 0 aliphatic rings. The fourth-order valence-electron chi connectivity index (χ4n) is 1.76. The summed E-state index contributed by atoms with van der Waals surface area (Å²) in [6, 6.07) is 10.4. The van der Waals surface area contributed by atoms with Gasteiger partial charge < -0.3 is 5.32 Å². The van der Waals surface area contributed by atoms with E-state index in [0.29, 0.717) is 0 Å². The van der Waals surface area contributed by atoms with Crippen LogP contribution in [0.15, 0.2) is 41.7 Å². The lowest BCUT2D eigenvalue weighted by molar-refractivity contribution is 0.972. The molecule has 0 fully saturated rings. The number of anilines is 1. The van der Waals surface area contributed by atoms with Crippen molar-refractivity contribution in [3.63, 3.8) is 0 Å². The van der Waals surface area contributed by atoms with Gasteiger partial charge in [0.2, 0.25) is 0 Å². The molecule has 1 aromatic carbocycles. The average Bonchev–Trinajstić information content (AvgIpc) is 2.41. The number of hydrogen-bond acceptors (Lipinski definition) is 4. The van der Waals surface area contributed by atoms with Crippen LogP contribution < -0.4 is 5.32 Å². The van der Waals surface area contributed by atoms with Crippen molar-refractivity contribution in [1.82, 2.24) is 9.97 Å². The third kappa shape index (κ3) is 3.47. The fourth-order valence-corrected chi connectivity index (χ4v) is 2.15. The van der Waals surface area contributed by atoms with Crippen LogP contribution in [-0.2, 0) is 6.42 Å². The van der Waals surface area contributed by atoms with Gasteiger partial charge in [0.05, 0.1) is 0 Å². The number of aryl methyl sites for hydroxylation is 1. The Labute approximate surface area is 112 Å². The Morgan fingerprint density at radius 3 is 2.83 bits per heavy atom. The van der Waals surface area contributed by atoms with Gasteiger partial charge in [0, 0.05) is 12.6 Å². The molecule has 1 heterocycles. The zero-order valence-corrected chi connectivity index (χ0v) is 11.5. The molecule has 4 heteroatoms. The highest BCUT2D eigenvalue weighted by molar-refractivity contribution is 7.98. The van der Waals surface area contributed by atoms with E-state index in [1.807, 2.05) is 12.3 Å². The second kappa shape index (κ2) is 6.40. The molecular formula is C14H17N3S. The van der Waals surface area contributed by atoms with Crippen molar-refractivity contribution in [3.05, 3.63) is 47.8 Å². The van der Waals surface area contributed by atoms with Crippen LogP contribution in [0.1, 0.15) is 11.1 Å². The first-order valence-electron chi connectivity index (χ1n) is 5.94. The summed E-state index contributed by atoms with van der Waals surface area (Å²) in [4.78, 5) is 8.36. The highest BCUT2D eigenvalue weighted by Gasteiger charge is 1.99. The maximum absolute atomic E-state index is 4.21.